The van der Waals surface area contributed by atoms with Gasteiger partial charge < -0.3 is 9.80 Å². The number of hydrogen-bond acceptors (Lipinski definition) is 6. The van der Waals surface area contributed by atoms with Gasteiger partial charge in [-0.25, -0.2) is 0 Å². The predicted molar refractivity (Wildman–Crippen MR) is 114 cm³/mol. The highest BCUT2D eigenvalue weighted by Gasteiger charge is 2.30. The molecule has 0 N–H and O–H groups in total. The Bertz CT molecular complexity index is 690. The number of nitrogens with zero attached hydrogens (tertiary/aromatic N) is 4. The lowest BCUT2D eigenvalue weighted by Crippen LogP contribution is -2.56. The maximum atomic E-state index is 12.7. The zero-order valence-corrected chi connectivity index (χ0v) is 18.3. The number of carbonyl (C=O) groups excluding carboxylic acids is 2. The van der Waals surface area contributed by atoms with E-state index in [1.807, 2.05) is 28.2 Å². The smallest absolute Gasteiger partial charge is 0.264 e. The van der Waals surface area contributed by atoms with Crippen molar-refractivity contribution in [3.63, 3.8) is 0 Å². The van der Waals surface area contributed by atoms with Gasteiger partial charge in [0.15, 0.2) is 0 Å². The van der Waals surface area contributed by atoms with Gasteiger partial charge in [0.25, 0.3) is 5.91 Å². The molecule has 0 aromatic carbocycles. The van der Waals surface area contributed by atoms with Crippen LogP contribution in [0.1, 0.15) is 28.9 Å². The zero-order chi connectivity index (χ0) is 19.5. The first-order valence-electron chi connectivity index (χ1n) is 10.3. The van der Waals surface area contributed by atoms with Crippen molar-refractivity contribution in [2.75, 3.05) is 65.2 Å². The molecule has 4 rings (SSSR count). The van der Waals surface area contributed by atoms with E-state index in [0.717, 1.165) is 50.2 Å². The summed E-state index contributed by atoms with van der Waals surface area (Å²) in [5, 5.41) is 0. The Morgan fingerprint density at radius 2 is 1.68 bits per heavy atom. The Morgan fingerprint density at radius 3 is 2.25 bits per heavy atom. The normalized spacial score (nSPS) is 22.3. The lowest BCUT2D eigenvalue weighted by atomic mass is 9.91. The Balaban J connectivity index is 1.20. The van der Waals surface area contributed by atoms with E-state index >= 15 is 0 Å². The van der Waals surface area contributed by atoms with Gasteiger partial charge in [-0.05, 0) is 31.2 Å². The molecule has 28 heavy (non-hydrogen) atoms. The van der Waals surface area contributed by atoms with Gasteiger partial charge in [-0.2, -0.15) is 0 Å². The summed E-state index contributed by atoms with van der Waals surface area (Å²) in [5.41, 5.74) is 0. The van der Waals surface area contributed by atoms with Crippen molar-refractivity contribution < 1.29 is 9.59 Å². The van der Waals surface area contributed by atoms with Crippen LogP contribution in [0, 0.1) is 0 Å². The molecule has 0 atom stereocenters. The molecule has 0 spiro atoms. The number of piperazine rings is 2. The molecule has 3 heterocycles. The Morgan fingerprint density at radius 1 is 1.00 bits per heavy atom. The van der Waals surface area contributed by atoms with Crippen LogP contribution in [0.4, 0.5) is 0 Å². The third kappa shape index (κ3) is 4.56. The topological polar surface area (TPSA) is 47.1 Å². The summed E-state index contributed by atoms with van der Waals surface area (Å²) in [6.45, 7) is 7.23. The van der Waals surface area contributed by atoms with E-state index in [9.17, 15) is 9.59 Å². The molecule has 154 valence electrons. The first kappa shape index (κ1) is 20.2. The first-order valence-corrected chi connectivity index (χ1v) is 12.4. The molecule has 1 aromatic rings. The van der Waals surface area contributed by atoms with Crippen molar-refractivity contribution >= 4 is 34.9 Å². The Hall–Kier alpha value is -1.09. The fourth-order valence-corrected chi connectivity index (χ4v) is 5.70. The Kier molecular flexibility index (Phi) is 6.60. The van der Waals surface area contributed by atoms with E-state index in [-0.39, 0.29) is 11.8 Å². The third-order valence-electron chi connectivity index (χ3n) is 6.27. The van der Waals surface area contributed by atoms with E-state index < -0.39 is 0 Å². The van der Waals surface area contributed by atoms with Crippen molar-refractivity contribution in [1.29, 1.82) is 0 Å². The number of carbonyl (C=O) groups is 2. The van der Waals surface area contributed by atoms with E-state index in [2.05, 4.69) is 9.80 Å². The molecule has 1 aromatic heterocycles. The van der Waals surface area contributed by atoms with Crippen LogP contribution in [-0.2, 0) is 4.79 Å². The van der Waals surface area contributed by atoms with Crippen LogP contribution >= 0.6 is 23.1 Å². The van der Waals surface area contributed by atoms with E-state index in [1.165, 1.54) is 23.5 Å². The quantitative estimate of drug-likeness (QED) is 0.679. The monoisotopic (exact) mass is 422 g/mol. The maximum Gasteiger partial charge on any atom is 0.264 e. The van der Waals surface area contributed by atoms with Crippen molar-refractivity contribution in [3.05, 3.63) is 17.0 Å². The molecule has 3 aliphatic rings. The second kappa shape index (κ2) is 9.15. The van der Waals surface area contributed by atoms with Gasteiger partial charge in [0.2, 0.25) is 5.91 Å². The number of thioether (sulfide) groups is 1. The summed E-state index contributed by atoms with van der Waals surface area (Å²) in [7, 11) is 0. The lowest BCUT2D eigenvalue weighted by Gasteiger charge is -2.43. The van der Waals surface area contributed by atoms with Gasteiger partial charge in [-0.1, -0.05) is 6.42 Å². The van der Waals surface area contributed by atoms with Crippen molar-refractivity contribution in [2.24, 2.45) is 0 Å². The summed E-state index contributed by atoms with van der Waals surface area (Å²) in [6.07, 6.45) is 6.06. The molecule has 1 aliphatic carbocycles. The molecule has 2 amide bonds. The summed E-state index contributed by atoms with van der Waals surface area (Å²) >= 11 is 3.24. The fraction of sp³-hybridized carbons (Fsp3) is 0.700. The minimum Gasteiger partial charge on any atom is -0.339 e. The number of hydrogen-bond donors (Lipinski definition) is 0. The van der Waals surface area contributed by atoms with Crippen LogP contribution in [0.2, 0.25) is 0 Å². The molecular formula is C20H30N4O2S2. The van der Waals surface area contributed by atoms with Crippen LogP contribution in [0.3, 0.4) is 0 Å². The molecule has 3 fully saturated rings. The maximum absolute atomic E-state index is 12.7. The average molecular weight is 423 g/mol. The van der Waals surface area contributed by atoms with Crippen LogP contribution in [0.5, 0.6) is 0 Å². The van der Waals surface area contributed by atoms with Gasteiger partial charge in [-0.3, -0.25) is 19.4 Å². The molecule has 0 unspecified atom stereocenters. The molecule has 0 bridgehead atoms. The predicted octanol–water partition coefficient (Wildman–Crippen LogP) is 1.92. The van der Waals surface area contributed by atoms with E-state index in [4.69, 9.17) is 0 Å². The second-order valence-electron chi connectivity index (χ2n) is 7.89. The zero-order valence-electron chi connectivity index (χ0n) is 16.6. The van der Waals surface area contributed by atoms with Crippen LogP contribution < -0.4 is 0 Å². The molecule has 2 aliphatic heterocycles. The average Bonchev–Trinajstić information content (AvgIpc) is 3.16. The highest BCUT2D eigenvalue weighted by Crippen LogP contribution is 2.27. The first-order chi connectivity index (χ1) is 13.6. The van der Waals surface area contributed by atoms with Crippen molar-refractivity contribution in [1.82, 2.24) is 19.6 Å². The summed E-state index contributed by atoms with van der Waals surface area (Å²) < 4.78 is 1.17. The highest BCUT2D eigenvalue weighted by molar-refractivity contribution is 8.00. The van der Waals surface area contributed by atoms with E-state index in [0.29, 0.717) is 19.6 Å². The second-order valence-corrected chi connectivity index (χ2v) is 10.1. The van der Waals surface area contributed by atoms with Crippen LogP contribution in [0.25, 0.3) is 0 Å². The van der Waals surface area contributed by atoms with E-state index in [1.54, 1.807) is 23.1 Å². The van der Waals surface area contributed by atoms with Gasteiger partial charge in [-0.15, -0.1) is 23.1 Å². The Labute approximate surface area is 175 Å². The number of thiophene rings is 1. The summed E-state index contributed by atoms with van der Waals surface area (Å²) in [5.74, 6) is 0.374. The van der Waals surface area contributed by atoms with Crippen molar-refractivity contribution in [2.45, 2.75) is 29.5 Å². The van der Waals surface area contributed by atoms with Crippen molar-refractivity contribution in [3.8, 4) is 0 Å². The van der Waals surface area contributed by atoms with Gasteiger partial charge >= 0.3 is 0 Å². The fourth-order valence-electron chi connectivity index (χ4n) is 4.19. The largest absolute Gasteiger partial charge is 0.339 e. The number of rotatable bonds is 5. The number of amides is 2. The summed E-state index contributed by atoms with van der Waals surface area (Å²) in [4.78, 5) is 34.9. The minimum absolute atomic E-state index is 0.128. The summed E-state index contributed by atoms with van der Waals surface area (Å²) in [6, 6.07) is 4.72. The molecular weight excluding hydrogens is 392 g/mol. The minimum atomic E-state index is 0.128. The standard InChI is InChI=1S/C20H30N4O2S2/c1-27-19-6-5-17(28-19)20(26)24-9-7-21(8-10-24)15-18(25)23-13-11-22(12-14-23)16-3-2-4-16/h5-6,16H,2-4,7-15H2,1H3. The highest BCUT2D eigenvalue weighted by atomic mass is 32.2. The molecule has 2 saturated heterocycles. The molecule has 8 heteroatoms. The molecule has 0 radical (unpaired) electrons. The van der Waals surface area contributed by atoms with Gasteiger partial charge in [0.1, 0.15) is 0 Å². The van der Waals surface area contributed by atoms with Gasteiger partial charge in [0.05, 0.1) is 15.6 Å². The molecule has 1 saturated carbocycles. The van der Waals surface area contributed by atoms with Crippen LogP contribution in [0.15, 0.2) is 16.3 Å². The third-order valence-corrected chi connectivity index (χ3v) is 8.43. The van der Waals surface area contributed by atoms with Gasteiger partial charge in [0, 0.05) is 58.4 Å². The molecule has 6 nitrogen and oxygen atoms in total. The lowest BCUT2D eigenvalue weighted by molar-refractivity contribution is -0.135. The SMILES string of the molecule is CSc1ccc(C(=O)N2CCN(CC(=O)N3CCN(C4CCC4)CC3)CC2)s1. The van der Waals surface area contributed by atoms with Crippen LogP contribution in [-0.4, -0.2) is 103 Å².